The lowest BCUT2D eigenvalue weighted by Crippen LogP contribution is -2.27. The maximum Gasteiger partial charge on any atom is 0.433 e. The van der Waals surface area contributed by atoms with E-state index in [1.807, 2.05) is 0 Å². The summed E-state index contributed by atoms with van der Waals surface area (Å²) in [5, 5.41) is 1.99. The summed E-state index contributed by atoms with van der Waals surface area (Å²) in [6.07, 6.45) is -3.19. The minimum Gasteiger partial charge on any atom is -0.493 e. The van der Waals surface area contributed by atoms with Crippen molar-refractivity contribution in [1.29, 1.82) is 0 Å². The highest BCUT2D eigenvalue weighted by Crippen LogP contribution is 2.44. The van der Waals surface area contributed by atoms with E-state index in [9.17, 15) is 31.2 Å². The summed E-state index contributed by atoms with van der Waals surface area (Å²) in [7, 11) is -1.71. The first kappa shape index (κ1) is 34.2. The standard InChI is InChI=1S/C30H35F3N4O6S2/c1-29(2,3)17-9-10-18-22(14-17)44-27(25(18)26(34)39)37-24(38)7-6-12-45(40,41)28-35-19(15-23(36-28)30(31,32)33)16-8-11-20(42-4)21(13-16)43-5/h8,11,13,15,17H,6-7,9-10,12,14H2,1-5H3,(H2,34,39)(H,37,38)/t17-/m1/s1. The van der Waals surface area contributed by atoms with Gasteiger partial charge >= 0.3 is 6.18 Å². The molecule has 0 saturated carbocycles. The normalized spacial score (nSPS) is 15.3. The van der Waals surface area contributed by atoms with Crippen molar-refractivity contribution >= 4 is 38.0 Å². The number of amides is 2. The highest BCUT2D eigenvalue weighted by Gasteiger charge is 2.36. The first-order valence-corrected chi connectivity index (χ1v) is 16.6. The van der Waals surface area contributed by atoms with E-state index in [0.29, 0.717) is 29.2 Å². The quantitative estimate of drug-likeness (QED) is 0.262. The van der Waals surface area contributed by atoms with Gasteiger partial charge in [-0.05, 0) is 66.8 Å². The maximum absolute atomic E-state index is 13.7. The van der Waals surface area contributed by atoms with Gasteiger partial charge in [-0.2, -0.15) is 13.2 Å². The summed E-state index contributed by atoms with van der Waals surface area (Å²) in [4.78, 5) is 33.4. The highest BCUT2D eigenvalue weighted by molar-refractivity contribution is 7.91. The van der Waals surface area contributed by atoms with Crippen LogP contribution < -0.4 is 20.5 Å². The predicted octanol–water partition coefficient (Wildman–Crippen LogP) is 5.68. The Labute approximate surface area is 263 Å². The van der Waals surface area contributed by atoms with Gasteiger partial charge < -0.3 is 20.5 Å². The fraction of sp³-hybridized carbons (Fsp3) is 0.467. The number of anilines is 1. The number of hydrogen-bond donors (Lipinski definition) is 2. The number of rotatable bonds is 10. The van der Waals surface area contributed by atoms with Crippen molar-refractivity contribution in [3.63, 3.8) is 0 Å². The van der Waals surface area contributed by atoms with Crippen LogP contribution in [-0.2, 0) is 33.6 Å². The zero-order valence-electron chi connectivity index (χ0n) is 25.5. The van der Waals surface area contributed by atoms with Gasteiger partial charge in [-0.3, -0.25) is 9.59 Å². The van der Waals surface area contributed by atoms with E-state index in [0.717, 1.165) is 23.3 Å². The molecule has 1 atom stereocenters. The molecule has 2 heterocycles. The van der Waals surface area contributed by atoms with Crippen LogP contribution >= 0.6 is 11.3 Å². The number of carbonyl (C=O) groups is 2. The van der Waals surface area contributed by atoms with Crippen molar-refractivity contribution < 1.29 is 40.7 Å². The summed E-state index contributed by atoms with van der Waals surface area (Å²) in [6.45, 7) is 6.47. The van der Waals surface area contributed by atoms with E-state index in [4.69, 9.17) is 15.2 Å². The van der Waals surface area contributed by atoms with Gasteiger partial charge in [0.1, 0.15) is 10.7 Å². The Morgan fingerprint density at radius 2 is 1.78 bits per heavy atom. The molecule has 244 valence electrons. The fourth-order valence-corrected chi connectivity index (χ4v) is 7.76. The molecule has 3 aromatic rings. The van der Waals surface area contributed by atoms with Crippen molar-refractivity contribution in [2.24, 2.45) is 17.1 Å². The molecule has 1 aliphatic rings. The Morgan fingerprint density at radius 1 is 1.09 bits per heavy atom. The Hall–Kier alpha value is -3.72. The molecule has 0 saturated heterocycles. The number of sulfone groups is 1. The van der Waals surface area contributed by atoms with Crippen LogP contribution in [0.5, 0.6) is 11.5 Å². The van der Waals surface area contributed by atoms with E-state index in [1.54, 1.807) is 0 Å². The number of halogens is 3. The van der Waals surface area contributed by atoms with Crippen molar-refractivity contribution in [2.45, 2.75) is 64.2 Å². The van der Waals surface area contributed by atoms with E-state index >= 15 is 0 Å². The minimum absolute atomic E-state index is 0.0646. The lowest BCUT2D eigenvalue weighted by molar-refractivity contribution is -0.141. The number of nitrogens with two attached hydrogens (primary N) is 1. The Kier molecular flexibility index (Phi) is 9.83. The first-order chi connectivity index (χ1) is 20.9. The Balaban J connectivity index is 1.51. The number of benzene rings is 1. The molecule has 1 aliphatic carbocycles. The molecule has 1 aromatic carbocycles. The number of nitrogens with one attached hydrogen (secondary N) is 1. The highest BCUT2D eigenvalue weighted by atomic mass is 32.2. The van der Waals surface area contributed by atoms with Crippen LogP contribution in [0.15, 0.2) is 29.4 Å². The van der Waals surface area contributed by atoms with Crippen molar-refractivity contribution in [3.05, 3.63) is 46.0 Å². The molecular formula is C30H35F3N4O6S2. The van der Waals surface area contributed by atoms with Gasteiger partial charge in [0.05, 0.1) is 31.2 Å². The zero-order valence-corrected chi connectivity index (χ0v) is 27.1. The van der Waals surface area contributed by atoms with E-state index in [1.165, 1.54) is 43.8 Å². The molecule has 15 heteroatoms. The molecule has 4 rings (SSSR count). The zero-order chi connectivity index (χ0) is 33.3. The molecule has 0 bridgehead atoms. The van der Waals surface area contributed by atoms with E-state index < -0.39 is 44.4 Å². The number of thiophene rings is 1. The number of methoxy groups -OCH3 is 2. The molecular weight excluding hydrogens is 633 g/mol. The number of primary amides is 1. The molecule has 0 fully saturated rings. The summed E-state index contributed by atoms with van der Waals surface area (Å²) >= 11 is 1.29. The third-order valence-corrected chi connectivity index (χ3v) is 10.5. The van der Waals surface area contributed by atoms with Gasteiger partial charge in [-0.15, -0.1) is 11.3 Å². The Morgan fingerprint density at radius 3 is 2.38 bits per heavy atom. The van der Waals surface area contributed by atoms with Gasteiger partial charge in [-0.1, -0.05) is 20.8 Å². The number of alkyl halides is 3. The molecule has 0 radical (unpaired) electrons. The molecule has 0 unspecified atom stereocenters. The van der Waals surface area contributed by atoms with Gasteiger partial charge in [0.25, 0.3) is 5.91 Å². The first-order valence-electron chi connectivity index (χ1n) is 14.1. The Bertz CT molecular complexity index is 1720. The van der Waals surface area contributed by atoms with Gasteiger partial charge in [-0.25, -0.2) is 18.4 Å². The van der Waals surface area contributed by atoms with Crippen molar-refractivity contribution in [3.8, 4) is 22.8 Å². The predicted molar refractivity (Wildman–Crippen MR) is 163 cm³/mol. The fourth-order valence-electron chi connectivity index (χ4n) is 5.23. The monoisotopic (exact) mass is 668 g/mol. The largest absolute Gasteiger partial charge is 0.493 e. The van der Waals surface area contributed by atoms with Crippen molar-refractivity contribution in [1.82, 2.24) is 9.97 Å². The lowest BCUT2D eigenvalue weighted by atomic mass is 9.72. The second-order valence-corrected chi connectivity index (χ2v) is 14.9. The number of ether oxygens (including phenoxy) is 2. The molecule has 10 nitrogen and oxygen atoms in total. The smallest absolute Gasteiger partial charge is 0.433 e. The SMILES string of the molecule is COc1ccc(-c2cc(C(F)(F)F)nc(S(=O)(=O)CCCC(=O)Nc3sc4c(c3C(N)=O)CC[C@@H](C(C)(C)C)C4)n2)cc1OC. The summed E-state index contributed by atoms with van der Waals surface area (Å²) in [6, 6.07) is 4.88. The second kappa shape index (κ2) is 12.9. The number of nitrogens with zero attached hydrogens (tertiary/aromatic N) is 2. The summed E-state index contributed by atoms with van der Waals surface area (Å²) in [5.74, 6) is -0.996. The van der Waals surface area contributed by atoms with Crippen LogP contribution in [0.4, 0.5) is 18.2 Å². The third kappa shape index (κ3) is 7.75. The number of hydrogen-bond acceptors (Lipinski definition) is 9. The van der Waals surface area contributed by atoms with Gasteiger partial charge in [0.2, 0.25) is 20.9 Å². The third-order valence-electron chi connectivity index (χ3n) is 7.76. The van der Waals surface area contributed by atoms with E-state index in [2.05, 4.69) is 36.1 Å². The van der Waals surface area contributed by atoms with Crippen LogP contribution in [0.3, 0.4) is 0 Å². The lowest BCUT2D eigenvalue weighted by Gasteiger charge is -2.33. The molecule has 2 aromatic heterocycles. The van der Waals surface area contributed by atoms with Crippen LogP contribution in [0.25, 0.3) is 11.3 Å². The van der Waals surface area contributed by atoms with Crippen LogP contribution in [-0.4, -0.2) is 50.2 Å². The number of aromatic nitrogens is 2. The molecule has 0 aliphatic heterocycles. The molecule has 3 N–H and O–H groups in total. The summed E-state index contributed by atoms with van der Waals surface area (Å²) in [5.41, 5.74) is 5.24. The van der Waals surface area contributed by atoms with Crippen LogP contribution in [0.1, 0.15) is 66.5 Å². The van der Waals surface area contributed by atoms with Gasteiger partial charge in [0, 0.05) is 16.9 Å². The maximum atomic E-state index is 13.7. The molecule has 0 spiro atoms. The van der Waals surface area contributed by atoms with Crippen LogP contribution in [0, 0.1) is 11.3 Å². The second-order valence-electron chi connectivity index (χ2n) is 11.8. The summed E-state index contributed by atoms with van der Waals surface area (Å²) < 4.78 is 77.8. The van der Waals surface area contributed by atoms with Crippen molar-refractivity contribution in [2.75, 3.05) is 25.3 Å². The average molecular weight is 669 g/mol. The van der Waals surface area contributed by atoms with Crippen LogP contribution in [0.2, 0.25) is 0 Å². The molecule has 2 amide bonds. The molecule has 45 heavy (non-hydrogen) atoms. The topological polar surface area (TPSA) is 151 Å². The average Bonchev–Trinajstić information content (AvgIpc) is 3.32. The van der Waals surface area contributed by atoms with E-state index in [-0.39, 0.29) is 40.8 Å². The minimum atomic E-state index is -4.96. The number of fused-ring (bicyclic) bond motifs is 1. The van der Waals surface area contributed by atoms with Gasteiger partial charge in [0.15, 0.2) is 11.5 Å². The number of carbonyl (C=O) groups excluding carboxylic acids is 2.